The summed E-state index contributed by atoms with van der Waals surface area (Å²) >= 11 is 0. The molecule has 1 saturated carbocycles. The lowest BCUT2D eigenvalue weighted by Crippen LogP contribution is -2.42. The fourth-order valence-corrected chi connectivity index (χ4v) is 5.45. The summed E-state index contributed by atoms with van der Waals surface area (Å²) in [4.78, 5) is 22.2. The maximum atomic E-state index is 13.0. The summed E-state index contributed by atoms with van der Waals surface area (Å²) in [5.41, 5.74) is 2.91. The number of rotatable bonds is 2. The van der Waals surface area contributed by atoms with Gasteiger partial charge in [0.15, 0.2) is 5.65 Å². The number of fused-ring (bicyclic) bond motifs is 2. The topological polar surface area (TPSA) is 53.7 Å². The summed E-state index contributed by atoms with van der Waals surface area (Å²) in [6, 6.07) is 4.14. The third kappa shape index (κ3) is 2.99. The molecular formula is C21H29N5O. The number of carbonyl (C=O) groups is 1. The Morgan fingerprint density at radius 1 is 1.00 bits per heavy atom. The van der Waals surface area contributed by atoms with Gasteiger partial charge in [-0.1, -0.05) is 6.42 Å². The number of nitrogens with zero attached hydrogens (tertiary/aromatic N) is 5. The van der Waals surface area contributed by atoms with Gasteiger partial charge in [0.25, 0.3) is 0 Å². The molecule has 0 spiro atoms. The third-order valence-corrected chi connectivity index (χ3v) is 6.86. The first kappa shape index (κ1) is 17.0. The average molecular weight is 367 g/mol. The minimum Gasteiger partial charge on any atom is -0.356 e. The molecule has 3 fully saturated rings. The second kappa shape index (κ2) is 6.50. The first-order chi connectivity index (χ1) is 13.1. The lowest BCUT2D eigenvalue weighted by molar-refractivity contribution is -0.135. The molecule has 6 heteroatoms. The molecule has 6 nitrogen and oxygen atoms in total. The number of anilines is 1. The zero-order valence-corrected chi connectivity index (χ0v) is 16.4. The number of hydrogen-bond acceptors (Lipinski definition) is 4. The highest BCUT2D eigenvalue weighted by molar-refractivity contribution is 5.79. The van der Waals surface area contributed by atoms with Gasteiger partial charge in [-0.05, 0) is 51.4 Å². The Balaban J connectivity index is 1.27. The molecule has 2 aliphatic heterocycles. The minimum atomic E-state index is 0.192. The van der Waals surface area contributed by atoms with Crippen molar-refractivity contribution < 1.29 is 4.79 Å². The Hall–Kier alpha value is -2.11. The Bertz CT molecular complexity index is 855. The van der Waals surface area contributed by atoms with Crippen molar-refractivity contribution in [3.63, 3.8) is 0 Å². The Labute approximate surface area is 160 Å². The minimum absolute atomic E-state index is 0.192. The standard InChI is InChI=1S/C21H29N5O/c1-14-11-20(26-19(22-14)10-15(2)23-26)24-8-6-16(7-9-24)21(27)25-12-17-4-3-5-18(17)13-25/h10-11,16-18H,3-9,12-13H2,1-2H3. The van der Waals surface area contributed by atoms with Crippen molar-refractivity contribution in [2.75, 3.05) is 31.1 Å². The van der Waals surface area contributed by atoms with Crippen LogP contribution in [0.4, 0.5) is 5.82 Å². The summed E-state index contributed by atoms with van der Waals surface area (Å²) < 4.78 is 1.95. The number of hydrogen-bond donors (Lipinski definition) is 0. The second-order valence-electron chi connectivity index (χ2n) is 8.77. The summed E-state index contributed by atoms with van der Waals surface area (Å²) in [6.45, 7) is 7.89. The summed E-state index contributed by atoms with van der Waals surface area (Å²) in [5.74, 6) is 3.27. The second-order valence-corrected chi connectivity index (χ2v) is 8.77. The van der Waals surface area contributed by atoms with E-state index >= 15 is 0 Å². The number of amides is 1. The Morgan fingerprint density at radius 3 is 2.41 bits per heavy atom. The average Bonchev–Trinajstić information content (AvgIpc) is 3.34. The lowest BCUT2D eigenvalue weighted by atomic mass is 9.95. The molecule has 144 valence electrons. The van der Waals surface area contributed by atoms with Crippen LogP contribution in [0.5, 0.6) is 0 Å². The SMILES string of the molecule is Cc1cc(N2CCC(C(=O)N3CC4CCCC4C3)CC2)n2nc(C)cc2n1. The summed E-state index contributed by atoms with van der Waals surface area (Å²) in [5, 5.41) is 4.62. The number of carbonyl (C=O) groups excluding carboxylic acids is 1. The van der Waals surface area contributed by atoms with Gasteiger partial charge in [0.05, 0.1) is 5.69 Å². The van der Waals surface area contributed by atoms with E-state index < -0.39 is 0 Å². The zero-order chi connectivity index (χ0) is 18.5. The van der Waals surface area contributed by atoms with E-state index in [9.17, 15) is 4.79 Å². The molecule has 4 heterocycles. The molecule has 0 radical (unpaired) electrons. The predicted molar refractivity (Wildman–Crippen MR) is 105 cm³/mol. The predicted octanol–water partition coefficient (Wildman–Crippen LogP) is 2.82. The van der Waals surface area contributed by atoms with Crippen molar-refractivity contribution in [2.45, 2.75) is 46.0 Å². The molecule has 1 amide bonds. The van der Waals surface area contributed by atoms with E-state index in [1.807, 2.05) is 24.4 Å². The van der Waals surface area contributed by atoms with E-state index in [-0.39, 0.29) is 5.92 Å². The summed E-state index contributed by atoms with van der Waals surface area (Å²) in [7, 11) is 0. The van der Waals surface area contributed by atoms with E-state index in [4.69, 9.17) is 0 Å². The quantitative estimate of drug-likeness (QED) is 0.819. The van der Waals surface area contributed by atoms with Gasteiger partial charge in [-0.2, -0.15) is 9.61 Å². The van der Waals surface area contributed by atoms with Gasteiger partial charge in [-0.25, -0.2) is 4.98 Å². The van der Waals surface area contributed by atoms with Crippen LogP contribution in [0.1, 0.15) is 43.5 Å². The molecule has 2 aromatic rings. The van der Waals surface area contributed by atoms with Crippen LogP contribution >= 0.6 is 0 Å². The van der Waals surface area contributed by atoms with E-state index in [0.717, 1.165) is 73.7 Å². The van der Waals surface area contributed by atoms with E-state index in [1.165, 1.54) is 19.3 Å². The van der Waals surface area contributed by atoms with Gasteiger partial charge < -0.3 is 9.80 Å². The van der Waals surface area contributed by atoms with Crippen molar-refractivity contribution in [1.29, 1.82) is 0 Å². The van der Waals surface area contributed by atoms with Crippen molar-refractivity contribution in [2.24, 2.45) is 17.8 Å². The van der Waals surface area contributed by atoms with Crippen LogP contribution < -0.4 is 4.90 Å². The molecule has 2 aromatic heterocycles. The van der Waals surface area contributed by atoms with Gasteiger partial charge in [-0.15, -0.1) is 0 Å². The van der Waals surface area contributed by atoms with Crippen molar-refractivity contribution in [3.8, 4) is 0 Å². The van der Waals surface area contributed by atoms with E-state index in [2.05, 4.69) is 25.9 Å². The third-order valence-electron chi connectivity index (χ3n) is 6.86. The molecule has 2 unspecified atom stereocenters. The highest BCUT2D eigenvalue weighted by Crippen LogP contribution is 2.38. The molecule has 27 heavy (non-hydrogen) atoms. The highest BCUT2D eigenvalue weighted by atomic mass is 16.2. The van der Waals surface area contributed by atoms with Crippen LogP contribution in [0, 0.1) is 31.6 Å². The molecule has 2 atom stereocenters. The highest BCUT2D eigenvalue weighted by Gasteiger charge is 2.40. The molecule has 0 N–H and O–H groups in total. The Morgan fingerprint density at radius 2 is 1.70 bits per heavy atom. The summed E-state index contributed by atoms with van der Waals surface area (Å²) in [6.07, 6.45) is 5.89. The maximum absolute atomic E-state index is 13.0. The van der Waals surface area contributed by atoms with Gasteiger partial charge >= 0.3 is 0 Å². The van der Waals surface area contributed by atoms with Crippen LogP contribution in [0.3, 0.4) is 0 Å². The number of likely N-dealkylation sites (tertiary alicyclic amines) is 1. The van der Waals surface area contributed by atoms with E-state index in [0.29, 0.717) is 5.91 Å². The molecule has 0 bridgehead atoms. The monoisotopic (exact) mass is 367 g/mol. The van der Waals surface area contributed by atoms with Crippen LogP contribution in [-0.4, -0.2) is 51.6 Å². The molecule has 3 aliphatic rings. The largest absolute Gasteiger partial charge is 0.356 e. The number of piperidine rings is 1. The fraction of sp³-hybridized carbons (Fsp3) is 0.667. The first-order valence-corrected chi connectivity index (χ1v) is 10.5. The smallest absolute Gasteiger partial charge is 0.225 e. The lowest BCUT2D eigenvalue weighted by Gasteiger charge is -2.34. The van der Waals surface area contributed by atoms with Gasteiger partial charge in [0.1, 0.15) is 5.82 Å². The van der Waals surface area contributed by atoms with Crippen molar-refractivity contribution in [1.82, 2.24) is 19.5 Å². The van der Waals surface area contributed by atoms with Gasteiger partial charge in [-0.3, -0.25) is 4.79 Å². The normalized spacial score (nSPS) is 26.1. The van der Waals surface area contributed by atoms with Gasteiger partial charge in [0.2, 0.25) is 5.91 Å². The van der Waals surface area contributed by atoms with Crippen LogP contribution in [-0.2, 0) is 4.79 Å². The fourth-order valence-electron chi connectivity index (χ4n) is 5.45. The molecule has 0 aromatic carbocycles. The van der Waals surface area contributed by atoms with Crippen LogP contribution in [0.15, 0.2) is 12.1 Å². The number of aryl methyl sites for hydroxylation is 2. The molecule has 5 rings (SSSR count). The van der Waals surface area contributed by atoms with Crippen LogP contribution in [0.2, 0.25) is 0 Å². The maximum Gasteiger partial charge on any atom is 0.225 e. The van der Waals surface area contributed by atoms with Gasteiger partial charge in [0, 0.05) is 49.9 Å². The van der Waals surface area contributed by atoms with Crippen LogP contribution in [0.25, 0.3) is 5.65 Å². The van der Waals surface area contributed by atoms with E-state index in [1.54, 1.807) is 0 Å². The molecule has 2 saturated heterocycles. The molecule has 1 aliphatic carbocycles. The molecular weight excluding hydrogens is 338 g/mol. The van der Waals surface area contributed by atoms with Crippen molar-refractivity contribution >= 4 is 17.4 Å². The Kier molecular flexibility index (Phi) is 4.10. The van der Waals surface area contributed by atoms with Crippen molar-refractivity contribution in [3.05, 3.63) is 23.5 Å². The zero-order valence-electron chi connectivity index (χ0n) is 16.4. The first-order valence-electron chi connectivity index (χ1n) is 10.5. The number of aromatic nitrogens is 3.